The first-order valence-corrected chi connectivity index (χ1v) is 9.04. The number of nitrogens with zero attached hydrogens (tertiary/aromatic N) is 3. The highest BCUT2D eigenvalue weighted by Crippen LogP contribution is 2.13. The highest BCUT2D eigenvalue weighted by atomic mass is 19.1. The average molecular weight is 373 g/mol. The predicted molar refractivity (Wildman–Crippen MR) is 108 cm³/mol. The van der Waals surface area contributed by atoms with Gasteiger partial charge in [-0.05, 0) is 43.7 Å². The number of nitrogens with one attached hydrogen (secondary N) is 2. The normalized spacial score (nSPS) is 12.4. The maximum Gasteiger partial charge on any atom is 0.191 e. The first kappa shape index (κ1) is 20.5. The fourth-order valence-corrected chi connectivity index (χ4v) is 2.37. The van der Waals surface area contributed by atoms with Crippen molar-refractivity contribution in [3.63, 3.8) is 0 Å². The molecule has 0 aliphatic heterocycles. The Balaban J connectivity index is 1.92. The van der Waals surface area contributed by atoms with Crippen LogP contribution in [0.3, 0.4) is 0 Å². The molecule has 0 saturated heterocycles. The standard InChI is InChI=1S/C20H28FN5O/c1-5-22-20(25-14-16-9-10-23-19(11-16)26(3)4)24-13-15(2)27-18-8-6-7-17(21)12-18/h6-12,15H,5,13-14H2,1-4H3,(H2,22,24,25). The Labute approximate surface area is 160 Å². The van der Waals surface area contributed by atoms with Crippen LogP contribution in [0.15, 0.2) is 47.6 Å². The summed E-state index contributed by atoms with van der Waals surface area (Å²) in [6.07, 6.45) is 1.65. The summed E-state index contributed by atoms with van der Waals surface area (Å²) in [7, 11) is 3.92. The largest absolute Gasteiger partial charge is 0.489 e. The Morgan fingerprint density at radius 2 is 2.07 bits per heavy atom. The summed E-state index contributed by atoms with van der Waals surface area (Å²) in [5, 5.41) is 6.47. The number of anilines is 1. The van der Waals surface area contributed by atoms with E-state index >= 15 is 0 Å². The topological polar surface area (TPSA) is 61.8 Å². The lowest BCUT2D eigenvalue weighted by Gasteiger charge is -2.18. The maximum atomic E-state index is 13.2. The molecular formula is C20H28FN5O. The van der Waals surface area contributed by atoms with Gasteiger partial charge in [0, 0.05) is 32.9 Å². The van der Waals surface area contributed by atoms with Crippen LogP contribution in [-0.4, -0.2) is 44.2 Å². The first-order valence-electron chi connectivity index (χ1n) is 9.04. The lowest BCUT2D eigenvalue weighted by Crippen LogP contribution is -2.41. The number of guanidine groups is 1. The minimum atomic E-state index is -0.308. The Bertz CT molecular complexity index is 751. The van der Waals surface area contributed by atoms with Gasteiger partial charge in [0.25, 0.3) is 0 Å². The zero-order chi connectivity index (χ0) is 19.6. The molecule has 1 heterocycles. The van der Waals surface area contributed by atoms with Crippen LogP contribution in [-0.2, 0) is 6.54 Å². The summed E-state index contributed by atoms with van der Waals surface area (Å²) in [4.78, 5) is 10.9. The van der Waals surface area contributed by atoms with Gasteiger partial charge in [0.05, 0.1) is 13.1 Å². The van der Waals surface area contributed by atoms with Crippen molar-refractivity contribution in [2.75, 3.05) is 32.1 Å². The van der Waals surface area contributed by atoms with Crippen LogP contribution < -0.4 is 20.3 Å². The van der Waals surface area contributed by atoms with E-state index in [0.29, 0.717) is 24.8 Å². The number of aromatic nitrogens is 1. The molecule has 0 spiro atoms. The molecular weight excluding hydrogens is 345 g/mol. The molecule has 0 bridgehead atoms. The molecule has 0 saturated carbocycles. The van der Waals surface area contributed by atoms with E-state index in [1.54, 1.807) is 18.3 Å². The molecule has 7 heteroatoms. The zero-order valence-corrected chi connectivity index (χ0v) is 16.4. The zero-order valence-electron chi connectivity index (χ0n) is 16.4. The highest BCUT2D eigenvalue weighted by molar-refractivity contribution is 5.79. The van der Waals surface area contributed by atoms with Gasteiger partial charge >= 0.3 is 0 Å². The predicted octanol–water partition coefficient (Wildman–Crippen LogP) is 2.81. The molecule has 0 aliphatic rings. The van der Waals surface area contributed by atoms with Crippen molar-refractivity contribution in [2.24, 2.45) is 4.99 Å². The lowest BCUT2D eigenvalue weighted by atomic mass is 10.2. The molecule has 1 aromatic heterocycles. The quantitative estimate of drug-likeness (QED) is 0.550. The molecule has 1 aromatic carbocycles. The summed E-state index contributed by atoms with van der Waals surface area (Å²) >= 11 is 0. The van der Waals surface area contributed by atoms with Gasteiger partial charge in [-0.15, -0.1) is 0 Å². The van der Waals surface area contributed by atoms with Crippen molar-refractivity contribution in [3.05, 3.63) is 54.0 Å². The smallest absolute Gasteiger partial charge is 0.191 e. The monoisotopic (exact) mass is 373 g/mol. The van der Waals surface area contributed by atoms with E-state index in [1.807, 2.05) is 45.0 Å². The third kappa shape index (κ3) is 7.13. The van der Waals surface area contributed by atoms with E-state index in [-0.39, 0.29) is 11.9 Å². The number of benzene rings is 1. The van der Waals surface area contributed by atoms with Crippen LogP contribution in [0.4, 0.5) is 10.2 Å². The fourth-order valence-electron chi connectivity index (χ4n) is 2.37. The molecule has 2 rings (SSSR count). The first-order chi connectivity index (χ1) is 13.0. The number of pyridine rings is 1. The summed E-state index contributed by atoms with van der Waals surface area (Å²) in [5.74, 6) is 1.81. The van der Waals surface area contributed by atoms with Gasteiger partial charge in [-0.2, -0.15) is 0 Å². The molecule has 6 nitrogen and oxygen atoms in total. The van der Waals surface area contributed by atoms with E-state index in [1.165, 1.54) is 12.1 Å². The third-order valence-corrected chi connectivity index (χ3v) is 3.72. The van der Waals surface area contributed by atoms with E-state index < -0.39 is 0 Å². The Morgan fingerprint density at radius 1 is 1.26 bits per heavy atom. The molecule has 0 amide bonds. The van der Waals surface area contributed by atoms with Crippen molar-refractivity contribution in [1.82, 2.24) is 15.6 Å². The summed E-state index contributed by atoms with van der Waals surface area (Å²) in [6.45, 7) is 5.78. The van der Waals surface area contributed by atoms with Gasteiger partial charge in [-0.1, -0.05) is 6.07 Å². The summed E-state index contributed by atoms with van der Waals surface area (Å²) < 4.78 is 19.0. The van der Waals surface area contributed by atoms with Gasteiger partial charge < -0.3 is 20.3 Å². The molecule has 0 fully saturated rings. The Kier molecular flexibility index (Phi) is 7.85. The van der Waals surface area contributed by atoms with Crippen LogP contribution in [0.5, 0.6) is 5.75 Å². The molecule has 0 aliphatic carbocycles. The molecule has 1 unspecified atom stereocenters. The second kappa shape index (κ2) is 10.4. The van der Waals surface area contributed by atoms with Crippen molar-refractivity contribution in [1.29, 1.82) is 0 Å². The molecule has 0 radical (unpaired) electrons. The van der Waals surface area contributed by atoms with Crippen LogP contribution in [0.25, 0.3) is 0 Å². The average Bonchev–Trinajstić information content (AvgIpc) is 2.64. The van der Waals surface area contributed by atoms with Gasteiger partial charge in [-0.25, -0.2) is 14.4 Å². The molecule has 1 atom stereocenters. The highest BCUT2D eigenvalue weighted by Gasteiger charge is 2.07. The SMILES string of the molecule is CCNC(=NCc1ccnc(N(C)C)c1)NCC(C)Oc1cccc(F)c1. The summed E-state index contributed by atoms with van der Waals surface area (Å²) in [6, 6.07) is 10.1. The van der Waals surface area contributed by atoms with Crippen LogP contribution in [0, 0.1) is 5.82 Å². The van der Waals surface area contributed by atoms with Gasteiger partial charge in [0.1, 0.15) is 23.5 Å². The van der Waals surface area contributed by atoms with Crippen molar-refractivity contribution in [3.8, 4) is 5.75 Å². The summed E-state index contributed by atoms with van der Waals surface area (Å²) in [5.41, 5.74) is 1.08. The van der Waals surface area contributed by atoms with E-state index in [2.05, 4.69) is 20.6 Å². The van der Waals surface area contributed by atoms with E-state index in [0.717, 1.165) is 17.9 Å². The van der Waals surface area contributed by atoms with Crippen LogP contribution in [0.1, 0.15) is 19.4 Å². The van der Waals surface area contributed by atoms with E-state index in [9.17, 15) is 4.39 Å². The van der Waals surface area contributed by atoms with Crippen molar-refractivity contribution in [2.45, 2.75) is 26.5 Å². The van der Waals surface area contributed by atoms with Gasteiger partial charge in [-0.3, -0.25) is 0 Å². The number of aliphatic imine (C=N–C) groups is 1. The van der Waals surface area contributed by atoms with Gasteiger partial charge in [0.2, 0.25) is 0 Å². The van der Waals surface area contributed by atoms with Crippen molar-refractivity contribution >= 4 is 11.8 Å². The Morgan fingerprint density at radius 3 is 2.78 bits per heavy atom. The Hall–Kier alpha value is -2.83. The fraction of sp³-hybridized carbons (Fsp3) is 0.400. The van der Waals surface area contributed by atoms with Crippen LogP contribution in [0.2, 0.25) is 0 Å². The number of ether oxygens (including phenoxy) is 1. The van der Waals surface area contributed by atoms with Crippen molar-refractivity contribution < 1.29 is 9.13 Å². The number of hydrogen-bond acceptors (Lipinski definition) is 4. The maximum absolute atomic E-state index is 13.2. The van der Waals surface area contributed by atoms with Gasteiger partial charge in [0.15, 0.2) is 5.96 Å². The third-order valence-electron chi connectivity index (χ3n) is 3.72. The minimum Gasteiger partial charge on any atom is -0.489 e. The second-order valence-electron chi connectivity index (χ2n) is 6.38. The molecule has 2 N–H and O–H groups in total. The molecule has 27 heavy (non-hydrogen) atoms. The number of hydrogen-bond donors (Lipinski definition) is 2. The van der Waals surface area contributed by atoms with E-state index in [4.69, 9.17) is 4.74 Å². The second-order valence-corrected chi connectivity index (χ2v) is 6.38. The molecule has 2 aromatic rings. The number of rotatable bonds is 8. The number of halogens is 1. The lowest BCUT2D eigenvalue weighted by molar-refractivity contribution is 0.223. The molecule has 146 valence electrons. The minimum absolute atomic E-state index is 0.142. The van der Waals surface area contributed by atoms with Crippen LogP contribution >= 0.6 is 0 Å².